The Bertz CT molecular complexity index is 1550. The Hall–Kier alpha value is -3.83. The molecule has 3 heterocycles. The van der Waals surface area contributed by atoms with E-state index in [0.717, 1.165) is 12.8 Å². The highest BCUT2D eigenvalue weighted by Crippen LogP contribution is 2.25. The number of para-hydroxylation sites is 2. The number of rotatable bonds is 5. The molecule has 2 aromatic heterocycles. The summed E-state index contributed by atoms with van der Waals surface area (Å²) < 4.78 is 28.9. The molecule has 11 heteroatoms. The Morgan fingerprint density at radius 2 is 1.80 bits per heavy atom. The molecule has 10 nitrogen and oxygen atoms in total. The van der Waals surface area contributed by atoms with Crippen molar-refractivity contribution in [2.75, 3.05) is 18.4 Å². The standard InChI is InChI=1S/C24H24N6O4S/c1-16-10-12-29(13-11-16)35(33,34)18-8-6-17(7-9-18)23(31)28-20-4-2-3-5-21(20)30-22-19(14-27-30)24(32)26-15-25-22/h2-9,14-16H,10-13H2,1H3,(H,28,31)(H,25,26,32). The number of benzene rings is 2. The van der Waals surface area contributed by atoms with E-state index in [2.05, 4.69) is 27.3 Å². The Balaban J connectivity index is 1.38. The van der Waals surface area contributed by atoms with Crippen molar-refractivity contribution in [3.05, 3.63) is 77.0 Å². The van der Waals surface area contributed by atoms with Crippen molar-refractivity contribution in [1.29, 1.82) is 0 Å². The number of anilines is 1. The summed E-state index contributed by atoms with van der Waals surface area (Å²) in [5.74, 6) is 0.113. The summed E-state index contributed by atoms with van der Waals surface area (Å²) in [4.78, 5) is 31.9. The van der Waals surface area contributed by atoms with E-state index >= 15 is 0 Å². The summed E-state index contributed by atoms with van der Waals surface area (Å²) in [6.07, 6.45) is 4.40. The molecule has 0 aliphatic carbocycles. The molecule has 0 saturated carbocycles. The van der Waals surface area contributed by atoms with Gasteiger partial charge in [0.1, 0.15) is 5.39 Å². The predicted molar refractivity (Wildman–Crippen MR) is 131 cm³/mol. The molecule has 180 valence electrons. The smallest absolute Gasteiger partial charge is 0.261 e. The van der Waals surface area contributed by atoms with Crippen LogP contribution in [0.1, 0.15) is 30.1 Å². The zero-order valence-corrected chi connectivity index (χ0v) is 19.8. The molecule has 1 aliphatic heterocycles. The van der Waals surface area contributed by atoms with Crippen molar-refractivity contribution in [3.8, 4) is 5.69 Å². The van der Waals surface area contributed by atoms with Crippen molar-refractivity contribution in [1.82, 2.24) is 24.1 Å². The Morgan fingerprint density at radius 3 is 2.54 bits per heavy atom. The van der Waals surface area contributed by atoms with E-state index < -0.39 is 15.9 Å². The van der Waals surface area contributed by atoms with Gasteiger partial charge in [0.2, 0.25) is 10.0 Å². The molecule has 1 saturated heterocycles. The van der Waals surface area contributed by atoms with E-state index in [1.165, 1.54) is 45.8 Å². The van der Waals surface area contributed by atoms with Gasteiger partial charge in [-0.1, -0.05) is 19.1 Å². The molecule has 4 aromatic rings. The van der Waals surface area contributed by atoms with Gasteiger partial charge in [0, 0.05) is 18.7 Å². The van der Waals surface area contributed by atoms with Crippen molar-refractivity contribution in [2.45, 2.75) is 24.7 Å². The first-order valence-electron chi connectivity index (χ1n) is 11.3. The first-order chi connectivity index (χ1) is 16.8. The summed E-state index contributed by atoms with van der Waals surface area (Å²) in [6.45, 7) is 3.14. The van der Waals surface area contributed by atoms with Crippen LogP contribution in [0.5, 0.6) is 0 Å². The lowest BCUT2D eigenvalue weighted by atomic mass is 10.0. The number of aromatic nitrogens is 4. The number of H-pyrrole nitrogens is 1. The zero-order chi connectivity index (χ0) is 24.6. The van der Waals surface area contributed by atoms with Crippen LogP contribution in [-0.2, 0) is 10.0 Å². The van der Waals surface area contributed by atoms with Crippen LogP contribution in [0.25, 0.3) is 16.7 Å². The lowest BCUT2D eigenvalue weighted by Gasteiger charge is -2.29. The zero-order valence-electron chi connectivity index (χ0n) is 19.0. The van der Waals surface area contributed by atoms with Gasteiger partial charge in [-0.05, 0) is 55.2 Å². The summed E-state index contributed by atoms with van der Waals surface area (Å²) in [6, 6.07) is 12.9. The van der Waals surface area contributed by atoms with E-state index in [1.807, 2.05) is 0 Å². The minimum Gasteiger partial charge on any atom is -0.320 e. The number of aromatic amines is 1. The van der Waals surface area contributed by atoms with Gasteiger partial charge in [-0.25, -0.2) is 18.1 Å². The van der Waals surface area contributed by atoms with Crippen LogP contribution in [0.2, 0.25) is 0 Å². The molecule has 2 N–H and O–H groups in total. The van der Waals surface area contributed by atoms with Crippen LogP contribution in [-0.4, -0.2) is 51.5 Å². The van der Waals surface area contributed by atoms with E-state index in [1.54, 1.807) is 24.3 Å². The summed E-state index contributed by atoms with van der Waals surface area (Å²) in [5.41, 5.74) is 1.36. The number of hydrogen-bond acceptors (Lipinski definition) is 6. The topological polar surface area (TPSA) is 130 Å². The highest BCUT2D eigenvalue weighted by Gasteiger charge is 2.28. The lowest BCUT2D eigenvalue weighted by molar-refractivity contribution is 0.102. The number of carbonyl (C=O) groups excluding carboxylic acids is 1. The average Bonchev–Trinajstić information content (AvgIpc) is 3.30. The fourth-order valence-corrected chi connectivity index (χ4v) is 5.61. The van der Waals surface area contributed by atoms with Gasteiger partial charge in [-0.3, -0.25) is 9.59 Å². The minimum atomic E-state index is -3.59. The monoisotopic (exact) mass is 492 g/mol. The number of nitrogens with zero attached hydrogens (tertiary/aromatic N) is 4. The van der Waals surface area contributed by atoms with Crippen LogP contribution in [0.15, 0.2) is 70.7 Å². The molecular weight excluding hydrogens is 468 g/mol. The fourth-order valence-electron chi connectivity index (χ4n) is 4.14. The van der Waals surface area contributed by atoms with Crippen LogP contribution in [0, 0.1) is 5.92 Å². The molecule has 0 bridgehead atoms. The number of nitrogens with one attached hydrogen (secondary N) is 2. The third-order valence-electron chi connectivity index (χ3n) is 6.25. The van der Waals surface area contributed by atoms with Crippen molar-refractivity contribution in [3.63, 3.8) is 0 Å². The average molecular weight is 493 g/mol. The van der Waals surface area contributed by atoms with Gasteiger partial charge in [0.05, 0.1) is 28.8 Å². The lowest BCUT2D eigenvalue weighted by Crippen LogP contribution is -2.37. The van der Waals surface area contributed by atoms with Gasteiger partial charge >= 0.3 is 0 Å². The number of amides is 1. The molecule has 1 aliphatic rings. The van der Waals surface area contributed by atoms with E-state index in [9.17, 15) is 18.0 Å². The maximum Gasteiger partial charge on any atom is 0.261 e. The van der Waals surface area contributed by atoms with Gasteiger partial charge in [-0.15, -0.1) is 0 Å². The first-order valence-corrected chi connectivity index (χ1v) is 12.7. The molecule has 1 amide bonds. The number of carbonyl (C=O) groups is 1. The third-order valence-corrected chi connectivity index (χ3v) is 8.16. The highest BCUT2D eigenvalue weighted by molar-refractivity contribution is 7.89. The maximum absolute atomic E-state index is 13.0. The quantitative estimate of drug-likeness (QED) is 0.441. The van der Waals surface area contributed by atoms with Crippen LogP contribution in [0.4, 0.5) is 5.69 Å². The van der Waals surface area contributed by atoms with Crippen molar-refractivity contribution >= 4 is 32.7 Å². The second-order valence-corrected chi connectivity index (χ2v) is 10.5. The molecule has 2 aromatic carbocycles. The van der Waals surface area contributed by atoms with Crippen molar-refractivity contribution < 1.29 is 13.2 Å². The van der Waals surface area contributed by atoms with E-state index in [0.29, 0.717) is 47.0 Å². The Kier molecular flexibility index (Phi) is 5.95. The first kappa shape index (κ1) is 22.9. The molecule has 1 fully saturated rings. The number of hydrogen-bond donors (Lipinski definition) is 2. The van der Waals surface area contributed by atoms with Crippen LogP contribution >= 0.6 is 0 Å². The van der Waals surface area contributed by atoms with Gasteiger partial charge in [-0.2, -0.15) is 9.40 Å². The highest BCUT2D eigenvalue weighted by atomic mass is 32.2. The van der Waals surface area contributed by atoms with Crippen LogP contribution < -0.4 is 10.9 Å². The Labute approximate surface area is 201 Å². The van der Waals surface area contributed by atoms with Crippen LogP contribution in [0.3, 0.4) is 0 Å². The predicted octanol–water partition coefficient (Wildman–Crippen LogP) is 2.78. The Morgan fingerprint density at radius 1 is 1.09 bits per heavy atom. The van der Waals surface area contributed by atoms with E-state index in [-0.39, 0.29) is 10.5 Å². The number of piperidine rings is 1. The summed E-state index contributed by atoms with van der Waals surface area (Å²) >= 11 is 0. The second-order valence-electron chi connectivity index (χ2n) is 8.61. The van der Waals surface area contributed by atoms with Gasteiger partial charge in [0.15, 0.2) is 5.65 Å². The minimum absolute atomic E-state index is 0.170. The van der Waals surface area contributed by atoms with Crippen molar-refractivity contribution in [2.24, 2.45) is 5.92 Å². The molecule has 35 heavy (non-hydrogen) atoms. The molecule has 0 radical (unpaired) electrons. The molecule has 5 rings (SSSR count). The van der Waals surface area contributed by atoms with Gasteiger partial charge < -0.3 is 10.3 Å². The largest absolute Gasteiger partial charge is 0.320 e. The molecule has 0 atom stereocenters. The second kappa shape index (κ2) is 9.08. The fraction of sp³-hybridized carbons (Fsp3) is 0.250. The van der Waals surface area contributed by atoms with E-state index in [4.69, 9.17) is 0 Å². The van der Waals surface area contributed by atoms with Gasteiger partial charge in [0.25, 0.3) is 11.5 Å². The maximum atomic E-state index is 13.0. The SMILES string of the molecule is CC1CCN(S(=O)(=O)c2ccc(C(=O)Nc3ccccc3-n3ncc4c(=O)[nH]cnc43)cc2)CC1. The summed E-state index contributed by atoms with van der Waals surface area (Å²) in [5, 5.41) is 7.44. The molecular formula is C24H24N6O4S. The normalized spacial score (nSPS) is 15.3. The molecule has 0 unspecified atom stereocenters. The number of sulfonamides is 1. The number of fused-ring (bicyclic) bond motifs is 1. The molecule has 0 spiro atoms. The summed E-state index contributed by atoms with van der Waals surface area (Å²) in [7, 11) is -3.59. The third kappa shape index (κ3) is 4.35.